The summed E-state index contributed by atoms with van der Waals surface area (Å²) in [6.45, 7) is 6.82. The van der Waals surface area contributed by atoms with Crippen molar-refractivity contribution in [2.75, 3.05) is 6.54 Å². The molecule has 1 amide bonds. The van der Waals surface area contributed by atoms with E-state index in [2.05, 4.69) is 36.2 Å². The van der Waals surface area contributed by atoms with Crippen LogP contribution < -0.4 is 11.1 Å². The number of amides is 1. The molecule has 3 N–H and O–H groups in total. The molecule has 0 bridgehead atoms. The van der Waals surface area contributed by atoms with Gasteiger partial charge in [-0.05, 0) is 11.8 Å². The smallest absolute Gasteiger partial charge is 0.228 e. The lowest BCUT2D eigenvalue weighted by molar-refractivity contribution is -0.121. The van der Waals surface area contributed by atoms with Gasteiger partial charge in [0.25, 0.3) is 0 Å². The van der Waals surface area contributed by atoms with Gasteiger partial charge in [-0.25, -0.2) is 0 Å². The van der Waals surface area contributed by atoms with E-state index in [0.717, 1.165) is 6.42 Å². The van der Waals surface area contributed by atoms with Crippen molar-refractivity contribution in [1.82, 2.24) is 15.5 Å². The van der Waals surface area contributed by atoms with Gasteiger partial charge in [0.15, 0.2) is 6.33 Å². The first-order chi connectivity index (χ1) is 8.37. The molecule has 0 aromatic carbocycles. The van der Waals surface area contributed by atoms with E-state index >= 15 is 0 Å². The average molecular weight is 254 g/mol. The van der Waals surface area contributed by atoms with Crippen LogP contribution in [0, 0.1) is 5.41 Å². The van der Waals surface area contributed by atoms with E-state index in [-0.39, 0.29) is 17.4 Å². The standard InChI is InChI=1S/C12H22N4O2/c1-12(2,3)7-9(13)6-10(17)14-5-4-11-15-8-16-18-11/h8-9H,4-7,13H2,1-3H3,(H,14,17). The maximum atomic E-state index is 11.6. The van der Waals surface area contributed by atoms with Gasteiger partial charge in [-0.3, -0.25) is 4.79 Å². The van der Waals surface area contributed by atoms with Crippen LogP contribution >= 0.6 is 0 Å². The Balaban J connectivity index is 2.17. The minimum absolute atomic E-state index is 0.0359. The van der Waals surface area contributed by atoms with Gasteiger partial charge in [0.2, 0.25) is 11.8 Å². The lowest BCUT2D eigenvalue weighted by Crippen LogP contribution is -2.35. The molecule has 0 saturated heterocycles. The first kappa shape index (κ1) is 14.6. The molecule has 18 heavy (non-hydrogen) atoms. The predicted molar refractivity (Wildman–Crippen MR) is 67.7 cm³/mol. The molecular weight excluding hydrogens is 232 g/mol. The van der Waals surface area contributed by atoms with Crippen molar-refractivity contribution in [3.8, 4) is 0 Å². The number of hydrogen-bond donors (Lipinski definition) is 2. The fourth-order valence-corrected chi connectivity index (χ4v) is 1.78. The first-order valence-electron chi connectivity index (χ1n) is 6.14. The Kier molecular flexibility index (Phi) is 5.27. The molecule has 0 aliphatic rings. The second-order valence-corrected chi connectivity index (χ2v) is 5.66. The van der Waals surface area contributed by atoms with Gasteiger partial charge in [-0.2, -0.15) is 4.98 Å². The molecule has 0 aliphatic heterocycles. The number of rotatable bonds is 6. The second kappa shape index (κ2) is 6.49. The first-order valence-corrected chi connectivity index (χ1v) is 6.14. The zero-order valence-electron chi connectivity index (χ0n) is 11.3. The number of carbonyl (C=O) groups excluding carboxylic acids is 1. The zero-order chi connectivity index (χ0) is 13.6. The Morgan fingerprint density at radius 1 is 1.56 bits per heavy atom. The van der Waals surface area contributed by atoms with E-state index in [1.165, 1.54) is 6.33 Å². The van der Waals surface area contributed by atoms with E-state index < -0.39 is 0 Å². The fraction of sp³-hybridized carbons (Fsp3) is 0.750. The minimum atomic E-state index is -0.103. The maximum absolute atomic E-state index is 11.6. The molecule has 1 unspecified atom stereocenters. The maximum Gasteiger partial charge on any atom is 0.228 e. The van der Waals surface area contributed by atoms with E-state index in [4.69, 9.17) is 10.3 Å². The normalized spacial score (nSPS) is 13.3. The molecule has 6 nitrogen and oxygen atoms in total. The SMILES string of the molecule is CC(C)(C)CC(N)CC(=O)NCCc1ncno1. The molecule has 1 rings (SSSR count). The van der Waals surface area contributed by atoms with Crippen molar-refractivity contribution in [2.45, 2.75) is 46.1 Å². The Morgan fingerprint density at radius 3 is 2.83 bits per heavy atom. The Morgan fingerprint density at radius 2 is 2.28 bits per heavy atom. The van der Waals surface area contributed by atoms with E-state index in [0.29, 0.717) is 25.3 Å². The van der Waals surface area contributed by atoms with Gasteiger partial charge in [-0.15, -0.1) is 0 Å². The Labute approximate surface area is 107 Å². The van der Waals surface area contributed by atoms with Gasteiger partial charge in [0, 0.05) is 25.4 Å². The van der Waals surface area contributed by atoms with Gasteiger partial charge < -0.3 is 15.6 Å². The monoisotopic (exact) mass is 254 g/mol. The molecule has 6 heteroatoms. The van der Waals surface area contributed by atoms with Crippen molar-refractivity contribution in [3.63, 3.8) is 0 Å². The van der Waals surface area contributed by atoms with Crippen LogP contribution in [0.25, 0.3) is 0 Å². The Hall–Kier alpha value is -1.43. The number of aromatic nitrogens is 2. The summed E-state index contributed by atoms with van der Waals surface area (Å²) in [6.07, 6.45) is 3.06. The third kappa shape index (κ3) is 6.34. The summed E-state index contributed by atoms with van der Waals surface area (Å²) >= 11 is 0. The molecule has 0 saturated carbocycles. The number of hydrogen-bond acceptors (Lipinski definition) is 5. The van der Waals surface area contributed by atoms with Crippen molar-refractivity contribution in [2.24, 2.45) is 11.1 Å². The second-order valence-electron chi connectivity index (χ2n) is 5.66. The van der Waals surface area contributed by atoms with Crippen LogP contribution in [-0.4, -0.2) is 28.6 Å². The molecule has 1 atom stereocenters. The van der Waals surface area contributed by atoms with Gasteiger partial charge in [-0.1, -0.05) is 25.9 Å². The number of nitrogens with two attached hydrogens (primary N) is 1. The van der Waals surface area contributed by atoms with Crippen molar-refractivity contribution < 1.29 is 9.32 Å². The average Bonchev–Trinajstić information content (AvgIpc) is 2.66. The molecule has 0 radical (unpaired) electrons. The molecule has 0 spiro atoms. The zero-order valence-corrected chi connectivity index (χ0v) is 11.3. The van der Waals surface area contributed by atoms with Crippen LogP contribution in [-0.2, 0) is 11.2 Å². The highest BCUT2D eigenvalue weighted by Gasteiger charge is 2.17. The number of carbonyl (C=O) groups is 1. The molecule has 102 valence electrons. The summed E-state index contributed by atoms with van der Waals surface area (Å²) < 4.78 is 4.83. The van der Waals surface area contributed by atoms with Crippen molar-refractivity contribution >= 4 is 5.91 Å². The fourth-order valence-electron chi connectivity index (χ4n) is 1.78. The summed E-state index contributed by atoms with van der Waals surface area (Å²) in [5.41, 5.74) is 6.07. The van der Waals surface area contributed by atoms with Crippen molar-refractivity contribution in [3.05, 3.63) is 12.2 Å². The topological polar surface area (TPSA) is 94.0 Å². The highest BCUT2D eigenvalue weighted by atomic mass is 16.5. The highest BCUT2D eigenvalue weighted by molar-refractivity contribution is 5.76. The summed E-state index contributed by atoms with van der Waals surface area (Å²) in [5.74, 6) is 0.487. The molecule has 0 fully saturated rings. The van der Waals surface area contributed by atoms with Gasteiger partial charge in [0.05, 0.1) is 0 Å². The molecule has 1 aromatic rings. The van der Waals surface area contributed by atoms with Gasteiger partial charge in [0.1, 0.15) is 0 Å². The lowest BCUT2D eigenvalue weighted by atomic mass is 9.87. The third-order valence-corrected chi connectivity index (χ3v) is 2.39. The number of nitrogens with one attached hydrogen (secondary N) is 1. The Bertz CT molecular complexity index is 357. The quantitative estimate of drug-likeness (QED) is 0.786. The lowest BCUT2D eigenvalue weighted by Gasteiger charge is -2.22. The highest BCUT2D eigenvalue weighted by Crippen LogP contribution is 2.20. The minimum Gasteiger partial charge on any atom is -0.356 e. The van der Waals surface area contributed by atoms with Gasteiger partial charge >= 0.3 is 0 Å². The summed E-state index contributed by atoms with van der Waals surface area (Å²) in [6, 6.07) is -0.103. The van der Waals surface area contributed by atoms with Crippen LogP contribution in [0.1, 0.15) is 39.5 Å². The summed E-state index contributed by atoms with van der Waals surface area (Å²) in [7, 11) is 0. The van der Waals surface area contributed by atoms with Crippen molar-refractivity contribution in [1.29, 1.82) is 0 Å². The predicted octanol–water partition coefficient (Wildman–Crippen LogP) is 0.882. The molecule has 0 aliphatic carbocycles. The van der Waals surface area contributed by atoms with E-state index in [1.807, 2.05) is 0 Å². The molecule has 1 heterocycles. The van der Waals surface area contributed by atoms with E-state index in [9.17, 15) is 4.79 Å². The van der Waals surface area contributed by atoms with Crippen LogP contribution in [0.4, 0.5) is 0 Å². The van der Waals surface area contributed by atoms with Crippen LogP contribution in [0.2, 0.25) is 0 Å². The largest absolute Gasteiger partial charge is 0.356 e. The third-order valence-electron chi connectivity index (χ3n) is 2.39. The summed E-state index contributed by atoms with van der Waals surface area (Å²) in [4.78, 5) is 15.5. The number of nitrogens with zero attached hydrogens (tertiary/aromatic N) is 2. The van der Waals surface area contributed by atoms with Crippen LogP contribution in [0.5, 0.6) is 0 Å². The molecule has 1 aromatic heterocycles. The van der Waals surface area contributed by atoms with Crippen LogP contribution in [0.15, 0.2) is 10.9 Å². The summed E-state index contributed by atoms with van der Waals surface area (Å²) in [5, 5.41) is 6.28. The van der Waals surface area contributed by atoms with Crippen LogP contribution in [0.3, 0.4) is 0 Å². The van der Waals surface area contributed by atoms with E-state index in [1.54, 1.807) is 0 Å². The molecular formula is C12H22N4O2.